The Balaban J connectivity index is 1.15. The predicted molar refractivity (Wildman–Crippen MR) is 303 cm³/mol. The Morgan fingerprint density at radius 3 is 2.02 bits per heavy atom. The minimum atomic E-state index is -1.63. The molecule has 10 bridgehead atoms. The maximum atomic E-state index is 13.8. The minimum Gasteiger partial charge on any atom is -0.477 e. The highest BCUT2D eigenvalue weighted by Crippen LogP contribution is 2.34. The predicted octanol–water partition coefficient (Wildman–Crippen LogP) is 1.40. The molecule has 3 atom stereocenters. The van der Waals surface area contributed by atoms with Crippen molar-refractivity contribution in [2.24, 2.45) is 0 Å². The molecule has 0 radical (unpaired) electrons. The van der Waals surface area contributed by atoms with Crippen molar-refractivity contribution in [1.29, 1.82) is 0 Å². The van der Waals surface area contributed by atoms with E-state index in [-0.39, 0.29) is 72.9 Å². The number of aliphatic carboxylic acids is 1. The molecule has 1 aliphatic rings. The van der Waals surface area contributed by atoms with Gasteiger partial charge >= 0.3 is 5.97 Å². The van der Waals surface area contributed by atoms with Gasteiger partial charge in [0, 0.05) is 10.9 Å². The number of carboxylic acids is 1. The van der Waals surface area contributed by atoms with Crippen LogP contribution in [-0.2, 0) is 35.3 Å². The number of aliphatic hydroxyl groups is 1. The molecule has 0 saturated heterocycles. The monoisotopic (exact) mass is 1230 g/mol. The molecule has 7 rings (SSSR count). The lowest BCUT2D eigenvalue weighted by molar-refractivity contribution is -0.134. The quantitative estimate of drug-likeness (QED) is 0.0862. The van der Waals surface area contributed by atoms with Crippen LogP contribution < -0.4 is 53.2 Å². The van der Waals surface area contributed by atoms with E-state index < -0.39 is 117 Å². The van der Waals surface area contributed by atoms with E-state index in [1.165, 1.54) is 49.8 Å². The third kappa shape index (κ3) is 15.1. The van der Waals surface area contributed by atoms with E-state index in [9.17, 15) is 57.8 Å². The summed E-state index contributed by atoms with van der Waals surface area (Å²) < 4.78 is 11.3. The van der Waals surface area contributed by atoms with Crippen molar-refractivity contribution in [2.75, 3.05) is 0 Å². The molecular weight excluding hydrogens is 1180 g/mol. The van der Waals surface area contributed by atoms with Gasteiger partial charge in [0.2, 0.25) is 23.4 Å². The smallest absolute Gasteiger partial charge is 0.351 e. The van der Waals surface area contributed by atoms with Crippen LogP contribution in [0, 0.1) is 0 Å². The van der Waals surface area contributed by atoms with Gasteiger partial charge in [-0.3, -0.25) is 47.9 Å². The van der Waals surface area contributed by atoms with Gasteiger partial charge in [-0.05, 0) is 32.9 Å². The Bertz CT molecular complexity index is 3950. The standard InChI is InChI=1S/C52H46N16O15S3/c1-10-28-49-55-13-32(83-49)44(76)54-16-35-53-14-33(85-35)45(77)62-24(7)50-56-15-34(86-50)46(78)60-22(5)40(72)61-23(6)48-66-30(17-82-48)37-27(51-67-31(18-84-51)43(75)68-36(26(9)69)47(79)65-28)11-12-29(64-37)42(74)59-21(4)39(71)57-19(2)38(70)58-20(3)41(73)63-25(8)52(80)81/h10-15,17-18,24,26,36,69H,2-6,8,16H2,1,7,9H3,(H,54,76)(H,57,71)(H,58,70)(H,59,74)(H,60,78)(H,61,72)(H,62,77)(H,63,73)(H,65,79)(H,68,75)(H,80,81)/b28-10-. The first-order valence-electron chi connectivity index (χ1n) is 24.3. The van der Waals surface area contributed by atoms with Gasteiger partial charge in [-0.1, -0.05) is 45.5 Å². The minimum absolute atomic E-state index is 0.0379. The van der Waals surface area contributed by atoms with E-state index in [4.69, 9.17) is 13.9 Å². The summed E-state index contributed by atoms with van der Waals surface area (Å²) >= 11 is 2.77. The molecule has 86 heavy (non-hydrogen) atoms. The van der Waals surface area contributed by atoms with Gasteiger partial charge in [0.25, 0.3) is 53.2 Å². The highest BCUT2D eigenvalue weighted by atomic mass is 32.1. The molecule has 0 spiro atoms. The van der Waals surface area contributed by atoms with Crippen LogP contribution >= 0.6 is 34.0 Å². The first-order valence-corrected chi connectivity index (χ1v) is 26.8. The number of aromatic nitrogens is 6. The molecule has 0 aliphatic carbocycles. The van der Waals surface area contributed by atoms with E-state index in [1.54, 1.807) is 6.92 Å². The van der Waals surface area contributed by atoms with E-state index in [1.807, 2.05) is 10.6 Å². The molecule has 1 aliphatic heterocycles. The van der Waals surface area contributed by atoms with Crippen LogP contribution in [-0.4, -0.2) is 117 Å². The molecule has 0 saturated carbocycles. The summed E-state index contributed by atoms with van der Waals surface area (Å²) in [5.74, 6) is -11.9. The summed E-state index contributed by atoms with van der Waals surface area (Å²) in [6.07, 6.45) is 4.55. The molecule has 0 fully saturated rings. The Morgan fingerprint density at radius 2 is 1.36 bits per heavy atom. The number of carbonyl (C=O) groups excluding carboxylic acids is 10. The lowest BCUT2D eigenvalue weighted by Gasteiger charge is -2.20. The summed E-state index contributed by atoms with van der Waals surface area (Å²) in [5, 5.41) is 45.0. The third-order valence-electron chi connectivity index (χ3n) is 11.2. The first kappa shape index (κ1) is 62.4. The number of nitrogens with zero attached hydrogens (tertiary/aromatic N) is 6. The number of hydrogen-bond donors (Lipinski definition) is 12. The third-order valence-corrected chi connectivity index (χ3v) is 14.3. The lowest BCUT2D eigenvalue weighted by Crippen LogP contribution is -2.52. The van der Waals surface area contributed by atoms with Crippen molar-refractivity contribution in [1.82, 2.24) is 83.1 Å². The fraction of sp³-hybridized carbons (Fsp3) is 0.135. The van der Waals surface area contributed by atoms with E-state index in [0.29, 0.717) is 10.0 Å². The van der Waals surface area contributed by atoms with Gasteiger partial charge in [-0.2, -0.15) is 0 Å². The number of carbonyl (C=O) groups is 11. The molecule has 12 N–H and O–H groups in total. The van der Waals surface area contributed by atoms with Gasteiger partial charge in [0.15, 0.2) is 0 Å². The molecule has 34 heteroatoms. The molecule has 31 nitrogen and oxygen atoms in total. The number of oxazole rings is 2. The summed E-state index contributed by atoms with van der Waals surface area (Å²) in [4.78, 5) is 169. The lowest BCUT2D eigenvalue weighted by atomic mass is 10.1. The summed E-state index contributed by atoms with van der Waals surface area (Å²) in [6.45, 7) is 25.0. The second kappa shape index (κ2) is 26.8. The van der Waals surface area contributed by atoms with Crippen LogP contribution in [0.25, 0.3) is 33.4 Å². The van der Waals surface area contributed by atoms with Gasteiger partial charge in [0.1, 0.15) is 65.6 Å². The van der Waals surface area contributed by atoms with Crippen molar-refractivity contribution in [3.8, 4) is 22.0 Å². The number of fused-ring (bicyclic) bond motifs is 13. The Hall–Kier alpha value is -11.2. The second-order valence-electron chi connectivity index (χ2n) is 17.5. The SMILES string of the molecule is C=C(NC(=O)C(=C)NC(=O)C(=C)NC(=O)C(=C)NC(=O)c1ccc2c(n1)-c1coc(n1)C(=C)NC(=O)C(=C)NC(=O)c1cnc(s1)C(C)NC(=O)c1cnc(s1)CNC(=O)c1cnc(o1)/C(=C/C)NC(=O)C(C(C)O)NC(=O)c1csc-2n1)C(=O)O. The molecule has 0 aromatic carbocycles. The number of carboxylic acid groups (broad SMARTS) is 1. The normalized spacial score (nSPS) is 16.1. The Morgan fingerprint density at radius 1 is 0.721 bits per heavy atom. The van der Waals surface area contributed by atoms with Crippen molar-refractivity contribution >= 4 is 110 Å². The maximum absolute atomic E-state index is 13.8. The largest absolute Gasteiger partial charge is 0.477 e. The number of nitrogens with one attached hydrogen (secondary N) is 10. The number of rotatable bonds is 10. The topological polar surface area (TPSA) is 452 Å². The molecular formula is C52H46N16O15S3. The van der Waals surface area contributed by atoms with Gasteiger partial charge < -0.3 is 72.2 Å². The van der Waals surface area contributed by atoms with Crippen LogP contribution in [0.15, 0.2) is 125 Å². The fourth-order valence-corrected chi connectivity index (χ4v) is 9.21. The Labute approximate surface area is 495 Å². The van der Waals surface area contributed by atoms with E-state index >= 15 is 0 Å². The molecule has 442 valence electrons. The zero-order valence-electron chi connectivity index (χ0n) is 44.9. The van der Waals surface area contributed by atoms with Crippen LogP contribution in [0.4, 0.5) is 0 Å². The van der Waals surface area contributed by atoms with Gasteiger partial charge in [-0.15, -0.1) is 34.0 Å². The van der Waals surface area contributed by atoms with Crippen molar-refractivity contribution < 1.29 is 71.8 Å². The molecule has 6 aromatic rings. The zero-order chi connectivity index (χ0) is 62.8. The van der Waals surface area contributed by atoms with Crippen molar-refractivity contribution in [2.45, 2.75) is 45.5 Å². The summed E-state index contributed by atoms with van der Waals surface area (Å²) in [5.41, 5.74) is -4.39. The van der Waals surface area contributed by atoms with Crippen LogP contribution in [0.2, 0.25) is 0 Å². The number of amides is 10. The van der Waals surface area contributed by atoms with Gasteiger partial charge in [-0.25, -0.2) is 34.7 Å². The van der Waals surface area contributed by atoms with Crippen LogP contribution in [0.3, 0.4) is 0 Å². The van der Waals surface area contributed by atoms with Gasteiger partial charge in [0.05, 0.1) is 71.5 Å². The number of thiazole rings is 3. The second-order valence-corrected chi connectivity index (χ2v) is 20.6. The average Bonchev–Trinajstić information content (AvgIpc) is 4.19. The summed E-state index contributed by atoms with van der Waals surface area (Å²) in [7, 11) is 0. The fourth-order valence-electron chi connectivity index (χ4n) is 6.81. The molecule has 10 amide bonds. The Kier molecular flexibility index (Phi) is 19.4. The zero-order valence-corrected chi connectivity index (χ0v) is 47.4. The number of allylic oxidation sites excluding steroid dienone is 1. The number of aliphatic hydroxyl groups excluding tert-OH is 1. The molecule has 3 unspecified atom stereocenters. The first-order chi connectivity index (χ1) is 40.7. The number of hydrogen-bond acceptors (Lipinski definition) is 23. The van der Waals surface area contributed by atoms with Crippen molar-refractivity contribution in [3.63, 3.8) is 0 Å². The molecule has 7 heterocycles. The van der Waals surface area contributed by atoms with Crippen molar-refractivity contribution in [3.05, 3.63) is 165 Å². The maximum Gasteiger partial charge on any atom is 0.351 e. The highest BCUT2D eigenvalue weighted by Gasteiger charge is 2.31. The average molecular weight is 1230 g/mol. The molecule has 6 aromatic heterocycles. The van der Waals surface area contributed by atoms with E-state index in [0.717, 1.165) is 46.5 Å². The summed E-state index contributed by atoms with van der Waals surface area (Å²) in [6, 6.07) is 0.157. The van der Waals surface area contributed by atoms with E-state index in [2.05, 4.69) is 112 Å². The van der Waals surface area contributed by atoms with Crippen LogP contribution in [0.1, 0.15) is 99.5 Å². The number of pyridine rings is 1. The van der Waals surface area contributed by atoms with Crippen LogP contribution in [0.5, 0.6) is 0 Å². The highest BCUT2D eigenvalue weighted by molar-refractivity contribution is 7.14.